The largest absolute Gasteiger partial charge is 0.497 e. The summed E-state index contributed by atoms with van der Waals surface area (Å²) in [6.45, 7) is 0. The van der Waals surface area contributed by atoms with Crippen LogP contribution in [-0.2, 0) is 0 Å². The number of hydrogen-bond donors (Lipinski definition) is 1. The molecule has 0 spiro atoms. The summed E-state index contributed by atoms with van der Waals surface area (Å²) in [4.78, 5) is 1.23. The molecule has 0 radical (unpaired) electrons. The van der Waals surface area contributed by atoms with Crippen LogP contribution < -0.4 is 15.2 Å². The van der Waals surface area contributed by atoms with E-state index in [-0.39, 0.29) is 12.1 Å². The molecule has 18 heavy (non-hydrogen) atoms. The summed E-state index contributed by atoms with van der Waals surface area (Å²) in [5.74, 6) is 1.69. The Labute approximate surface area is 110 Å². The van der Waals surface area contributed by atoms with Crippen LogP contribution in [0.5, 0.6) is 11.5 Å². The maximum atomic E-state index is 6.24. The third-order valence-corrected chi connectivity index (χ3v) is 4.18. The van der Waals surface area contributed by atoms with Crippen molar-refractivity contribution >= 4 is 11.3 Å². The molecule has 2 unspecified atom stereocenters. The first-order chi connectivity index (χ1) is 8.78. The van der Waals surface area contributed by atoms with E-state index in [4.69, 9.17) is 15.2 Å². The Morgan fingerprint density at radius 3 is 3.00 bits per heavy atom. The van der Waals surface area contributed by atoms with Gasteiger partial charge in [-0.1, -0.05) is 6.07 Å². The summed E-state index contributed by atoms with van der Waals surface area (Å²) in [5, 5.41) is 2.06. The number of rotatable bonds is 2. The molecule has 1 aliphatic heterocycles. The molecular formula is C14H15NO2S. The Morgan fingerprint density at radius 1 is 1.39 bits per heavy atom. The second-order valence-electron chi connectivity index (χ2n) is 4.37. The molecule has 2 N–H and O–H groups in total. The minimum absolute atomic E-state index is 0.00375. The summed E-state index contributed by atoms with van der Waals surface area (Å²) >= 11 is 1.71. The molecule has 2 aromatic rings. The number of benzene rings is 1. The number of nitrogens with two attached hydrogens (primary N) is 1. The first-order valence-corrected chi connectivity index (χ1v) is 6.79. The molecule has 0 aliphatic carbocycles. The Morgan fingerprint density at radius 2 is 2.28 bits per heavy atom. The Balaban J connectivity index is 1.93. The number of methoxy groups -OCH3 is 1. The molecule has 1 aromatic heterocycles. The smallest absolute Gasteiger partial charge is 0.135 e. The van der Waals surface area contributed by atoms with Crippen molar-refractivity contribution in [3.63, 3.8) is 0 Å². The molecule has 0 fully saturated rings. The van der Waals surface area contributed by atoms with Crippen LogP contribution in [0.4, 0.5) is 0 Å². The van der Waals surface area contributed by atoms with Gasteiger partial charge in [0, 0.05) is 22.9 Å². The molecule has 0 amide bonds. The van der Waals surface area contributed by atoms with Gasteiger partial charge in [0.05, 0.1) is 7.11 Å². The van der Waals surface area contributed by atoms with Crippen molar-refractivity contribution in [3.8, 4) is 11.5 Å². The maximum Gasteiger partial charge on any atom is 0.135 e. The van der Waals surface area contributed by atoms with Gasteiger partial charge in [0.25, 0.3) is 0 Å². The number of ether oxygens (including phenoxy) is 2. The average molecular weight is 261 g/mol. The van der Waals surface area contributed by atoms with Gasteiger partial charge in [-0.25, -0.2) is 0 Å². The quantitative estimate of drug-likeness (QED) is 0.902. The second kappa shape index (κ2) is 4.63. The summed E-state index contributed by atoms with van der Waals surface area (Å²) in [5.41, 5.74) is 7.27. The standard InChI is InChI=1S/C14H15NO2S/c1-16-9-4-5-12-10(7-9)11(15)8-13(17-12)14-3-2-6-18-14/h2-7,11,13H,8,15H2,1H3. The van der Waals surface area contributed by atoms with Gasteiger partial charge in [0.15, 0.2) is 0 Å². The summed E-state index contributed by atoms with van der Waals surface area (Å²) < 4.78 is 11.2. The van der Waals surface area contributed by atoms with Crippen LogP contribution in [-0.4, -0.2) is 7.11 Å². The zero-order chi connectivity index (χ0) is 12.5. The van der Waals surface area contributed by atoms with Gasteiger partial charge in [0.2, 0.25) is 0 Å². The fourth-order valence-corrected chi connectivity index (χ4v) is 3.03. The lowest BCUT2D eigenvalue weighted by Gasteiger charge is -2.30. The van der Waals surface area contributed by atoms with Crippen LogP contribution in [0.15, 0.2) is 35.7 Å². The van der Waals surface area contributed by atoms with E-state index in [1.165, 1.54) is 4.88 Å². The SMILES string of the molecule is COc1ccc2c(c1)C(N)CC(c1cccs1)O2. The summed E-state index contributed by atoms with van der Waals surface area (Å²) in [7, 11) is 1.66. The molecular weight excluding hydrogens is 246 g/mol. The van der Waals surface area contributed by atoms with Crippen molar-refractivity contribution in [2.75, 3.05) is 7.11 Å². The van der Waals surface area contributed by atoms with Crippen LogP contribution in [0.1, 0.15) is 29.0 Å². The third-order valence-electron chi connectivity index (χ3n) is 3.21. The van der Waals surface area contributed by atoms with Crippen LogP contribution in [0, 0.1) is 0 Å². The van der Waals surface area contributed by atoms with Gasteiger partial charge in [-0.2, -0.15) is 0 Å². The summed E-state index contributed by atoms with van der Waals surface area (Å²) in [6.07, 6.45) is 0.877. The normalized spacial score (nSPS) is 22.1. The zero-order valence-corrected chi connectivity index (χ0v) is 10.9. The molecule has 4 heteroatoms. The summed E-state index contributed by atoms with van der Waals surface area (Å²) in [6, 6.07) is 9.94. The molecule has 0 bridgehead atoms. The van der Waals surface area contributed by atoms with Gasteiger partial charge in [-0.3, -0.25) is 0 Å². The van der Waals surface area contributed by atoms with Crippen LogP contribution in [0.2, 0.25) is 0 Å². The number of hydrogen-bond acceptors (Lipinski definition) is 4. The predicted molar refractivity (Wildman–Crippen MR) is 72.2 cm³/mol. The van der Waals surface area contributed by atoms with Gasteiger partial charge in [-0.05, 0) is 29.6 Å². The molecule has 3 nitrogen and oxygen atoms in total. The fraction of sp³-hybridized carbons (Fsp3) is 0.286. The molecule has 2 atom stereocenters. The highest BCUT2D eigenvalue weighted by atomic mass is 32.1. The van der Waals surface area contributed by atoms with Crippen molar-refractivity contribution in [1.82, 2.24) is 0 Å². The van der Waals surface area contributed by atoms with Crippen molar-refractivity contribution in [2.45, 2.75) is 18.6 Å². The van der Waals surface area contributed by atoms with Gasteiger partial charge >= 0.3 is 0 Å². The number of thiophene rings is 1. The topological polar surface area (TPSA) is 44.5 Å². The van der Waals surface area contributed by atoms with Gasteiger partial charge in [-0.15, -0.1) is 11.3 Å². The highest BCUT2D eigenvalue weighted by Gasteiger charge is 2.27. The molecule has 94 valence electrons. The van der Waals surface area contributed by atoms with Gasteiger partial charge < -0.3 is 15.2 Å². The highest BCUT2D eigenvalue weighted by molar-refractivity contribution is 7.10. The lowest BCUT2D eigenvalue weighted by molar-refractivity contribution is 0.164. The minimum atomic E-state index is -0.00375. The van der Waals surface area contributed by atoms with Crippen molar-refractivity contribution < 1.29 is 9.47 Å². The maximum absolute atomic E-state index is 6.24. The molecule has 3 rings (SSSR count). The van der Waals surface area contributed by atoms with E-state index in [1.54, 1.807) is 18.4 Å². The van der Waals surface area contributed by atoms with E-state index in [0.29, 0.717) is 0 Å². The molecule has 0 saturated heterocycles. The first-order valence-electron chi connectivity index (χ1n) is 5.91. The lowest BCUT2D eigenvalue weighted by atomic mass is 9.96. The fourth-order valence-electron chi connectivity index (χ4n) is 2.26. The first kappa shape index (κ1) is 11.6. The monoisotopic (exact) mass is 261 g/mol. The van der Waals surface area contributed by atoms with Crippen LogP contribution in [0.3, 0.4) is 0 Å². The van der Waals surface area contributed by atoms with Crippen LogP contribution >= 0.6 is 11.3 Å². The Hall–Kier alpha value is -1.52. The Kier molecular flexibility index (Phi) is 2.97. The third kappa shape index (κ3) is 1.98. The second-order valence-corrected chi connectivity index (χ2v) is 5.35. The number of fused-ring (bicyclic) bond motifs is 1. The van der Waals surface area contributed by atoms with Crippen molar-refractivity contribution in [3.05, 3.63) is 46.2 Å². The van der Waals surface area contributed by atoms with Crippen molar-refractivity contribution in [2.24, 2.45) is 5.73 Å². The van der Waals surface area contributed by atoms with E-state index >= 15 is 0 Å². The zero-order valence-electron chi connectivity index (χ0n) is 10.1. The molecule has 2 heterocycles. The van der Waals surface area contributed by atoms with E-state index < -0.39 is 0 Å². The molecule has 0 saturated carbocycles. The van der Waals surface area contributed by atoms with E-state index in [0.717, 1.165) is 23.5 Å². The highest BCUT2D eigenvalue weighted by Crippen LogP contribution is 2.42. The van der Waals surface area contributed by atoms with Gasteiger partial charge in [0.1, 0.15) is 17.6 Å². The minimum Gasteiger partial charge on any atom is -0.497 e. The van der Waals surface area contributed by atoms with Crippen molar-refractivity contribution in [1.29, 1.82) is 0 Å². The molecule has 1 aromatic carbocycles. The van der Waals surface area contributed by atoms with E-state index in [1.807, 2.05) is 24.3 Å². The average Bonchev–Trinajstić information content (AvgIpc) is 2.92. The lowest BCUT2D eigenvalue weighted by Crippen LogP contribution is -2.23. The van der Waals surface area contributed by atoms with Crippen LogP contribution in [0.25, 0.3) is 0 Å². The Bertz CT molecular complexity index is 539. The van der Waals surface area contributed by atoms with E-state index in [2.05, 4.69) is 11.4 Å². The van der Waals surface area contributed by atoms with E-state index in [9.17, 15) is 0 Å². The predicted octanol–water partition coefficient (Wildman–Crippen LogP) is 3.28. The molecule has 1 aliphatic rings.